The molecule has 0 aliphatic carbocycles. The van der Waals surface area contributed by atoms with Gasteiger partial charge in [0.05, 0.1) is 11.3 Å². The van der Waals surface area contributed by atoms with Crippen LogP contribution in [0.4, 0.5) is 5.69 Å². The molecule has 0 saturated carbocycles. The van der Waals surface area contributed by atoms with E-state index in [1.54, 1.807) is 0 Å². The molecule has 2 aliphatic rings. The number of oxime groups is 1. The molecule has 31 heavy (non-hydrogen) atoms. The molecule has 1 fully saturated rings. The van der Waals surface area contributed by atoms with Crippen LogP contribution >= 0.6 is 15.9 Å². The number of hydrogen-bond acceptors (Lipinski definition) is 6. The number of benzene rings is 2. The minimum Gasteiger partial charge on any atom is -0.494 e. The van der Waals surface area contributed by atoms with Crippen molar-refractivity contribution in [3.8, 4) is 5.88 Å². The van der Waals surface area contributed by atoms with Crippen LogP contribution in [-0.4, -0.2) is 77.7 Å². The third kappa shape index (κ3) is 3.98. The van der Waals surface area contributed by atoms with Crippen molar-refractivity contribution in [3.63, 3.8) is 0 Å². The summed E-state index contributed by atoms with van der Waals surface area (Å²) >= 11 is 3.52. The van der Waals surface area contributed by atoms with Gasteiger partial charge in [0.1, 0.15) is 18.0 Å². The van der Waals surface area contributed by atoms with Gasteiger partial charge in [0, 0.05) is 53.7 Å². The van der Waals surface area contributed by atoms with E-state index in [-0.39, 0.29) is 5.88 Å². The molecule has 0 spiro atoms. The summed E-state index contributed by atoms with van der Waals surface area (Å²) < 4.78 is 0.929. The highest BCUT2D eigenvalue weighted by Crippen LogP contribution is 2.36. The molecule has 2 aromatic carbocycles. The van der Waals surface area contributed by atoms with Crippen molar-refractivity contribution in [2.24, 2.45) is 10.1 Å². The summed E-state index contributed by atoms with van der Waals surface area (Å²) in [6.07, 6.45) is 0. The lowest BCUT2D eigenvalue weighted by molar-refractivity contribution is 0.0864. The molecule has 1 saturated heterocycles. The number of aromatic amines is 1. The number of aliphatic imine (C=N–C) groups is 1. The number of rotatable bonds is 5. The molecule has 1 aromatic heterocycles. The highest BCUT2D eigenvalue weighted by molar-refractivity contribution is 9.10. The first kappa shape index (κ1) is 20.2. The smallest absolute Gasteiger partial charge is 0.199 e. The van der Waals surface area contributed by atoms with Crippen LogP contribution in [-0.2, 0) is 4.84 Å². The van der Waals surface area contributed by atoms with Crippen LogP contribution in [0.25, 0.3) is 10.9 Å². The maximum absolute atomic E-state index is 10.7. The standard InChI is InChI=1S/C23H24BrN5O2/c1-28-8-10-29(11-9-28)12-13-31-27-21-16-4-2-3-5-18(16)25-22(21)20-17-14-15(24)6-7-19(17)26-23(20)30/h2-7,14,26,30H,8-13H2,1H3. The number of halogens is 1. The van der Waals surface area contributed by atoms with E-state index in [1.807, 2.05) is 42.5 Å². The van der Waals surface area contributed by atoms with Crippen LogP contribution in [0.3, 0.4) is 0 Å². The van der Waals surface area contributed by atoms with Gasteiger partial charge in [0.15, 0.2) is 5.88 Å². The molecule has 0 bridgehead atoms. The lowest BCUT2D eigenvalue weighted by Gasteiger charge is -2.31. The van der Waals surface area contributed by atoms with E-state index in [2.05, 4.69) is 42.9 Å². The summed E-state index contributed by atoms with van der Waals surface area (Å²) in [6.45, 7) is 5.59. The Labute approximate surface area is 189 Å². The molecular weight excluding hydrogens is 458 g/mol. The lowest BCUT2D eigenvalue weighted by atomic mass is 10.0. The number of nitrogens with zero attached hydrogens (tertiary/aromatic N) is 4. The quantitative estimate of drug-likeness (QED) is 0.429. The Morgan fingerprint density at radius 2 is 1.97 bits per heavy atom. The first-order valence-electron chi connectivity index (χ1n) is 10.4. The monoisotopic (exact) mass is 481 g/mol. The molecule has 160 valence electrons. The molecule has 3 aromatic rings. The number of hydrogen-bond donors (Lipinski definition) is 2. The Bertz CT molecular complexity index is 1180. The Hall–Kier alpha value is -2.68. The van der Waals surface area contributed by atoms with E-state index in [0.29, 0.717) is 23.6 Å². The Balaban J connectivity index is 1.43. The number of likely N-dealkylation sites (N-methyl/N-ethyl adjacent to an activating group) is 1. The zero-order valence-corrected chi connectivity index (χ0v) is 18.9. The molecule has 0 atom stereocenters. The fourth-order valence-corrected chi connectivity index (χ4v) is 4.44. The minimum atomic E-state index is 0.0739. The van der Waals surface area contributed by atoms with E-state index in [9.17, 15) is 5.11 Å². The number of fused-ring (bicyclic) bond motifs is 2. The van der Waals surface area contributed by atoms with Gasteiger partial charge in [-0.2, -0.15) is 0 Å². The second-order valence-electron chi connectivity index (χ2n) is 7.93. The summed E-state index contributed by atoms with van der Waals surface area (Å²) in [4.78, 5) is 18.3. The summed E-state index contributed by atoms with van der Waals surface area (Å²) in [6, 6.07) is 13.7. The summed E-state index contributed by atoms with van der Waals surface area (Å²) in [5.74, 6) is 0.0739. The Morgan fingerprint density at radius 1 is 1.16 bits per heavy atom. The van der Waals surface area contributed by atoms with Crippen molar-refractivity contribution in [2.75, 3.05) is 46.4 Å². The van der Waals surface area contributed by atoms with Crippen LogP contribution < -0.4 is 0 Å². The number of H-pyrrole nitrogens is 1. The predicted molar refractivity (Wildman–Crippen MR) is 127 cm³/mol. The van der Waals surface area contributed by atoms with Crippen LogP contribution in [0.5, 0.6) is 5.88 Å². The van der Waals surface area contributed by atoms with Crippen LogP contribution in [0, 0.1) is 0 Å². The van der Waals surface area contributed by atoms with Gasteiger partial charge in [-0.3, -0.25) is 4.90 Å². The average Bonchev–Trinajstić information content (AvgIpc) is 3.28. The average molecular weight is 482 g/mol. The fourth-order valence-electron chi connectivity index (χ4n) is 4.08. The predicted octanol–water partition coefficient (Wildman–Crippen LogP) is 3.74. The SMILES string of the molecule is CN1CCN(CCON=C2C(c3c(O)[nH]c4ccc(Br)cc34)=Nc3ccccc32)CC1. The van der Waals surface area contributed by atoms with Gasteiger partial charge in [-0.15, -0.1) is 0 Å². The summed E-state index contributed by atoms with van der Waals surface area (Å²) in [7, 11) is 2.15. The van der Waals surface area contributed by atoms with Gasteiger partial charge in [-0.25, -0.2) is 4.99 Å². The largest absolute Gasteiger partial charge is 0.494 e. The first-order valence-corrected chi connectivity index (χ1v) is 11.2. The van der Waals surface area contributed by atoms with Crippen molar-refractivity contribution < 1.29 is 9.94 Å². The second-order valence-corrected chi connectivity index (χ2v) is 8.85. The second kappa shape index (κ2) is 8.45. The van der Waals surface area contributed by atoms with E-state index in [4.69, 9.17) is 9.83 Å². The molecule has 0 amide bonds. The molecule has 7 nitrogen and oxygen atoms in total. The Morgan fingerprint density at radius 3 is 2.81 bits per heavy atom. The van der Waals surface area contributed by atoms with Gasteiger partial charge in [-0.05, 0) is 31.3 Å². The molecule has 8 heteroatoms. The molecule has 0 unspecified atom stereocenters. The van der Waals surface area contributed by atoms with E-state index < -0.39 is 0 Å². The highest BCUT2D eigenvalue weighted by Gasteiger charge is 2.29. The third-order valence-electron chi connectivity index (χ3n) is 5.84. The molecule has 2 N–H and O–H groups in total. The summed E-state index contributed by atoms with van der Waals surface area (Å²) in [5.41, 5.74) is 4.45. The van der Waals surface area contributed by atoms with E-state index in [0.717, 1.165) is 59.4 Å². The normalized spacial score (nSPS) is 18.5. The van der Waals surface area contributed by atoms with Crippen LogP contribution in [0.15, 0.2) is 57.1 Å². The maximum atomic E-state index is 10.7. The van der Waals surface area contributed by atoms with Gasteiger partial charge in [0.25, 0.3) is 0 Å². The zero-order chi connectivity index (χ0) is 21.4. The van der Waals surface area contributed by atoms with Crippen LogP contribution in [0.1, 0.15) is 11.1 Å². The van der Waals surface area contributed by atoms with Crippen molar-refractivity contribution in [3.05, 3.63) is 58.1 Å². The summed E-state index contributed by atoms with van der Waals surface area (Å²) in [5, 5.41) is 16.0. The number of aromatic hydroxyl groups is 1. The Kier molecular flexibility index (Phi) is 5.52. The maximum Gasteiger partial charge on any atom is 0.199 e. The van der Waals surface area contributed by atoms with Crippen molar-refractivity contribution in [1.29, 1.82) is 0 Å². The molecule has 0 radical (unpaired) electrons. The van der Waals surface area contributed by atoms with Gasteiger partial charge >= 0.3 is 0 Å². The highest BCUT2D eigenvalue weighted by atomic mass is 79.9. The first-order chi connectivity index (χ1) is 15.1. The number of aromatic nitrogens is 1. The number of nitrogens with one attached hydrogen (secondary N) is 1. The van der Waals surface area contributed by atoms with Gasteiger partial charge in [-0.1, -0.05) is 39.3 Å². The van der Waals surface area contributed by atoms with Gasteiger partial charge < -0.3 is 19.8 Å². The van der Waals surface area contributed by atoms with Crippen molar-refractivity contribution in [2.45, 2.75) is 0 Å². The van der Waals surface area contributed by atoms with E-state index >= 15 is 0 Å². The van der Waals surface area contributed by atoms with Gasteiger partial charge in [0.2, 0.25) is 0 Å². The zero-order valence-electron chi connectivity index (χ0n) is 17.3. The van der Waals surface area contributed by atoms with Crippen molar-refractivity contribution in [1.82, 2.24) is 14.8 Å². The van der Waals surface area contributed by atoms with Crippen molar-refractivity contribution >= 4 is 43.9 Å². The number of para-hydroxylation sites is 1. The fraction of sp³-hybridized carbons (Fsp3) is 0.304. The molecule has 2 aliphatic heterocycles. The molecule has 5 rings (SSSR count). The third-order valence-corrected chi connectivity index (χ3v) is 6.34. The molecule has 3 heterocycles. The lowest BCUT2D eigenvalue weighted by Crippen LogP contribution is -2.45. The number of piperazine rings is 1. The van der Waals surface area contributed by atoms with E-state index in [1.165, 1.54) is 0 Å². The van der Waals surface area contributed by atoms with Crippen LogP contribution in [0.2, 0.25) is 0 Å². The minimum absolute atomic E-state index is 0.0739. The molecular formula is C23H24BrN5O2. The topological polar surface area (TPSA) is 76.5 Å².